The largest absolute Gasteiger partial charge is 0.301 e. The molecule has 0 aliphatic carbocycles. The summed E-state index contributed by atoms with van der Waals surface area (Å²) < 4.78 is 0. The van der Waals surface area contributed by atoms with Crippen molar-refractivity contribution in [3.05, 3.63) is 35.4 Å². The Labute approximate surface area is 91.5 Å². The zero-order valence-electron chi connectivity index (χ0n) is 9.29. The van der Waals surface area contributed by atoms with E-state index in [1.807, 2.05) is 11.8 Å². The lowest BCUT2D eigenvalue weighted by atomic mass is 10.1. The highest BCUT2D eigenvalue weighted by molar-refractivity contribution is 7.98. The van der Waals surface area contributed by atoms with Crippen LogP contribution in [-0.2, 0) is 6.54 Å². The van der Waals surface area contributed by atoms with Crippen molar-refractivity contribution in [1.82, 2.24) is 4.90 Å². The SMILES string of the molecule is CSCCN(C)Cc1ccccc1C. The lowest BCUT2D eigenvalue weighted by molar-refractivity contribution is 0.348. The van der Waals surface area contributed by atoms with Crippen LogP contribution in [0.4, 0.5) is 0 Å². The van der Waals surface area contributed by atoms with E-state index in [2.05, 4.69) is 49.4 Å². The van der Waals surface area contributed by atoms with Crippen molar-refractivity contribution in [1.29, 1.82) is 0 Å². The van der Waals surface area contributed by atoms with E-state index in [0.717, 1.165) is 13.1 Å². The molecule has 0 atom stereocenters. The highest BCUT2D eigenvalue weighted by Gasteiger charge is 2.01. The lowest BCUT2D eigenvalue weighted by Crippen LogP contribution is -2.21. The minimum Gasteiger partial charge on any atom is -0.301 e. The maximum absolute atomic E-state index is 2.37. The van der Waals surface area contributed by atoms with Gasteiger partial charge in [-0.25, -0.2) is 0 Å². The molecule has 0 spiro atoms. The molecule has 0 heterocycles. The van der Waals surface area contributed by atoms with Gasteiger partial charge >= 0.3 is 0 Å². The molecule has 0 saturated heterocycles. The molecular formula is C12H19NS. The Morgan fingerprint density at radius 1 is 1.29 bits per heavy atom. The van der Waals surface area contributed by atoms with Gasteiger partial charge in [0, 0.05) is 18.8 Å². The van der Waals surface area contributed by atoms with Gasteiger partial charge in [-0.1, -0.05) is 24.3 Å². The molecule has 14 heavy (non-hydrogen) atoms. The van der Waals surface area contributed by atoms with E-state index < -0.39 is 0 Å². The van der Waals surface area contributed by atoms with Crippen molar-refractivity contribution in [2.75, 3.05) is 25.6 Å². The van der Waals surface area contributed by atoms with Gasteiger partial charge in [0.25, 0.3) is 0 Å². The van der Waals surface area contributed by atoms with Crippen LogP contribution in [-0.4, -0.2) is 30.5 Å². The van der Waals surface area contributed by atoms with Crippen molar-refractivity contribution >= 4 is 11.8 Å². The van der Waals surface area contributed by atoms with Crippen molar-refractivity contribution in [3.8, 4) is 0 Å². The second-order valence-electron chi connectivity index (χ2n) is 3.66. The molecule has 0 aromatic heterocycles. The molecule has 1 aromatic carbocycles. The second-order valence-corrected chi connectivity index (χ2v) is 4.64. The second kappa shape index (κ2) is 6.10. The molecule has 1 nitrogen and oxygen atoms in total. The minimum atomic E-state index is 1.06. The average Bonchev–Trinajstić information content (AvgIpc) is 2.18. The van der Waals surface area contributed by atoms with Crippen LogP contribution in [0.5, 0.6) is 0 Å². The summed E-state index contributed by atoms with van der Waals surface area (Å²) in [6, 6.07) is 8.61. The maximum Gasteiger partial charge on any atom is 0.0233 e. The first-order valence-electron chi connectivity index (χ1n) is 4.96. The summed E-state index contributed by atoms with van der Waals surface area (Å²) in [4.78, 5) is 2.37. The summed E-state index contributed by atoms with van der Waals surface area (Å²) in [5, 5.41) is 0. The molecule has 78 valence electrons. The van der Waals surface area contributed by atoms with Crippen LogP contribution in [0.1, 0.15) is 11.1 Å². The predicted molar refractivity (Wildman–Crippen MR) is 65.9 cm³/mol. The molecular weight excluding hydrogens is 190 g/mol. The Morgan fingerprint density at radius 2 is 2.00 bits per heavy atom. The molecule has 0 unspecified atom stereocenters. The van der Waals surface area contributed by atoms with Crippen LogP contribution >= 0.6 is 11.8 Å². The number of aryl methyl sites for hydroxylation is 1. The van der Waals surface area contributed by atoms with Gasteiger partial charge < -0.3 is 4.90 Å². The summed E-state index contributed by atoms with van der Waals surface area (Å²) in [5.41, 5.74) is 2.83. The molecule has 0 radical (unpaired) electrons. The van der Waals surface area contributed by atoms with Crippen molar-refractivity contribution in [2.45, 2.75) is 13.5 Å². The fourth-order valence-electron chi connectivity index (χ4n) is 1.40. The Kier molecular flexibility index (Phi) is 5.05. The summed E-state index contributed by atoms with van der Waals surface area (Å²) in [5.74, 6) is 1.21. The van der Waals surface area contributed by atoms with Gasteiger partial charge in [-0.05, 0) is 31.4 Å². The van der Waals surface area contributed by atoms with E-state index in [4.69, 9.17) is 0 Å². The Bertz CT molecular complexity index is 273. The van der Waals surface area contributed by atoms with Crippen LogP contribution in [0.3, 0.4) is 0 Å². The number of rotatable bonds is 5. The fourth-order valence-corrected chi connectivity index (χ4v) is 1.90. The van der Waals surface area contributed by atoms with E-state index >= 15 is 0 Å². The minimum absolute atomic E-state index is 1.06. The zero-order chi connectivity index (χ0) is 10.4. The van der Waals surface area contributed by atoms with E-state index in [1.165, 1.54) is 16.9 Å². The van der Waals surface area contributed by atoms with Gasteiger partial charge in [-0.3, -0.25) is 0 Å². The Balaban J connectivity index is 2.47. The lowest BCUT2D eigenvalue weighted by Gasteiger charge is -2.17. The molecule has 0 fully saturated rings. The van der Waals surface area contributed by atoms with E-state index in [9.17, 15) is 0 Å². The summed E-state index contributed by atoms with van der Waals surface area (Å²) in [6.07, 6.45) is 2.15. The number of benzene rings is 1. The monoisotopic (exact) mass is 209 g/mol. The number of thioether (sulfide) groups is 1. The zero-order valence-corrected chi connectivity index (χ0v) is 10.1. The Hall–Kier alpha value is -0.470. The summed E-state index contributed by atoms with van der Waals surface area (Å²) >= 11 is 1.90. The molecule has 0 saturated carbocycles. The smallest absolute Gasteiger partial charge is 0.0233 e. The number of nitrogens with zero attached hydrogens (tertiary/aromatic N) is 1. The predicted octanol–water partition coefficient (Wildman–Crippen LogP) is 2.79. The third-order valence-corrected chi connectivity index (χ3v) is 2.97. The van der Waals surface area contributed by atoms with E-state index in [0.29, 0.717) is 0 Å². The molecule has 0 N–H and O–H groups in total. The summed E-state index contributed by atoms with van der Waals surface area (Å²) in [6.45, 7) is 4.40. The van der Waals surface area contributed by atoms with E-state index in [1.54, 1.807) is 0 Å². The molecule has 0 aliphatic rings. The van der Waals surface area contributed by atoms with Crippen molar-refractivity contribution < 1.29 is 0 Å². The summed E-state index contributed by atoms with van der Waals surface area (Å²) in [7, 11) is 2.18. The third-order valence-electron chi connectivity index (χ3n) is 2.38. The number of hydrogen-bond acceptors (Lipinski definition) is 2. The standard InChI is InChI=1S/C12H19NS/c1-11-6-4-5-7-12(11)10-13(2)8-9-14-3/h4-7H,8-10H2,1-3H3. The van der Waals surface area contributed by atoms with Crippen LogP contribution < -0.4 is 0 Å². The van der Waals surface area contributed by atoms with Gasteiger partial charge in [-0.2, -0.15) is 11.8 Å². The topological polar surface area (TPSA) is 3.24 Å². The van der Waals surface area contributed by atoms with Gasteiger partial charge in [0.2, 0.25) is 0 Å². The molecule has 0 aliphatic heterocycles. The molecule has 0 amide bonds. The molecule has 1 rings (SSSR count). The molecule has 0 bridgehead atoms. The normalized spacial score (nSPS) is 10.9. The van der Waals surface area contributed by atoms with Crippen LogP contribution in [0.25, 0.3) is 0 Å². The first-order chi connectivity index (χ1) is 6.74. The first kappa shape index (κ1) is 11.6. The first-order valence-corrected chi connectivity index (χ1v) is 6.35. The Morgan fingerprint density at radius 3 is 2.64 bits per heavy atom. The van der Waals surface area contributed by atoms with Crippen LogP contribution in [0.15, 0.2) is 24.3 Å². The van der Waals surface area contributed by atoms with Gasteiger partial charge in [0.1, 0.15) is 0 Å². The number of hydrogen-bond donors (Lipinski definition) is 0. The van der Waals surface area contributed by atoms with E-state index in [-0.39, 0.29) is 0 Å². The molecule has 1 aromatic rings. The van der Waals surface area contributed by atoms with Crippen molar-refractivity contribution in [2.24, 2.45) is 0 Å². The maximum atomic E-state index is 2.37. The third kappa shape index (κ3) is 3.72. The quantitative estimate of drug-likeness (QED) is 0.733. The fraction of sp³-hybridized carbons (Fsp3) is 0.500. The van der Waals surface area contributed by atoms with Crippen molar-refractivity contribution in [3.63, 3.8) is 0 Å². The van der Waals surface area contributed by atoms with Gasteiger partial charge in [0.15, 0.2) is 0 Å². The van der Waals surface area contributed by atoms with Crippen LogP contribution in [0.2, 0.25) is 0 Å². The van der Waals surface area contributed by atoms with Gasteiger partial charge in [0.05, 0.1) is 0 Å². The van der Waals surface area contributed by atoms with Gasteiger partial charge in [-0.15, -0.1) is 0 Å². The highest BCUT2D eigenvalue weighted by atomic mass is 32.2. The average molecular weight is 209 g/mol. The highest BCUT2D eigenvalue weighted by Crippen LogP contribution is 2.09. The van der Waals surface area contributed by atoms with Crippen LogP contribution in [0, 0.1) is 6.92 Å². The molecule has 2 heteroatoms.